The largest absolute Gasteiger partial charge is 0.494 e. The van der Waals surface area contributed by atoms with Crippen molar-refractivity contribution in [2.24, 2.45) is 5.10 Å². The summed E-state index contributed by atoms with van der Waals surface area (Å²) in [4.78, 5) is 40.5. The van der Waals surface area contributed by atoms with Crippen molar-refractivity contribution in [3.8, 4) is 17.4 Å². The molecule has 2 aliphatic rings. The second-order valence-electron chi connectivity index (χ2n) is 8.59. The molecule has 34 heavy (non-hydrogen) atoms. The van der Waals surface area contributed by atoms with E-state index >= 15 is 0 Å². The first kappa shape index (κ1) is 23.6. The van der Waals surface area contributed by atoms with Gasteiger partial charge in [-0.05, 0) is 30.5 Å². The average molecular weight is 471 g/mol. The molecule has 1 aliphatic carbocycles. The quantitative estimate of drug-likeness (QED) is 0.669. The van der Waals surface area contributed by atoms with Crippen molar-refractivity contribution in [1.29, 1.82) is 0 Å². The molecule has 10 nitrogen and oxygen atoms in total. The van der Waals surface area contributed by atoms with Gasteiger partial charge >= 0.3 is 5.69 Å². The fourth-order valence-corrected chi connectivity index (χ4v) is 4.85. The van der Waals surface area contributed by atoms with Gasteiger partial charge in [0.2, 0.25) is 11.8 Å². The lowest BCUT2D eigenvalue weighted by Crippen LogP contribution is -2.36. The minimum Gasteiger partial charge on any atom is -0.494 e. The van der Waals surface area contributed by atoms with Crippen LogP contribution in [0.2, 0.25) is 0 Å². The van der Waals surface area contributed by atoms with Gasteiger partial charge in [0, 0.05) is 18.9 Å². The van der Waals surface area contributed by atoms with Gasteiger partial charge in [-0.15, -0.1) is 0 Å². The first-order valence-corrected chi connectivity index (χ1v) is 11.6. The van der Waals surface area contributed by atoms with E-state index in [1.54, 1.807) is 19.1 Å². The van der Waals surface area contributed by atoms with Gasteiger partial charge in [-0.3, -0.25) is 19.1 Å². The third-order valence-corrected chi connectivity index (χ3v) is 6.61. The smallest absolute Gasteiger partial charge is 0.331 e. The summed E-state index contributed by atoms with van der Waals surface area (Å²) in [5.74, 6) is 0.429. The third kappa shape index (κ3) is 4.20. The molecule has 1 aromatic heterocycles. The van der Waals surface area contributed by atoms with Crippen molar-refractivity contribution in [3.05, 3.63) is 50.2 Å². The summed E-state index contributed by atoms with van der Waals surface area (Å²) in [7, 11) is 3.07. The molecule has 0 saturated heterocycles. The summed E-state index contributed by atoms with van der Waals surface area (Å²) in [5.41, 5.74) is -0.415. The van der Waals surface area contributed by atoms with Crippen LogP contribution in [0.5, 0.6) is 17.4 Å². The van der Waals surface area contributed by atoms with Crippen LogP contribution < -0.4 is 20.7 Å². The zero-order valence-corrected chi connectivity index (χ0v) is 19.7. The molecule has 0 unspecified atom stereocenters. The van der Waals surface area contributed by atoms with E-state index in [4.69, 9.17) is 9.47 Å². The maximum Gasteiger partial charge on any atom is 0.331 e. The first-order valence-electron chi connectivity index (χ1n) is 11.6. The second kappa shape index (κ2) is 9.74. The maximum absolute atomic E-state index is 12.8. The lowest BCUT2D eigenvalue weighted by molar-refractivity contribution is -0.132. The molecule has 2 heterocycles. The summed E-state index contributed by atoms with van der Waals surface area (Å²) in [6.45, 7) is 1.73. The number of nitrogens with zero attached hydrogens (tertiary/aromatic N) is 3. The van der Waals surface area contributed by atoms with E-state index < -0.39 is 23.2 Å². The van der Waals surface area contributed by atoms with Crippen molar-refractivity contribution in [2.45, 2.75) is 64.0 Å². The number of carbonyl (C=O) groups is 1. The number of hydrazone groups is 1. The number of aromatic amines is 1. The van der Waals surface area contributed by atoms with E-state index in [1.165, 1.54) is 23.8 Å². The molecule has 1 fully saturated rings. The number of benzene rings is 1. The molecule has 1 aliphatic heterocycles. The topological polar surface area (TPSA) is 126 Å². The summed E-state index contributed by atoms with van der Waals surface area (Å²) >= 11 is 0. The van der Waals surface area contributed by atoms with E-state index in [2.05, 4.69) is 10.1 Å². The average Bonchev–Trinajstić information content (AvgIpc) is 3.28. The Hall–Kier alpha value is -3.56. The highest BCUT2D eigenvalue weighted by molar-refractivity contribution is 6.04. The standard InChI is InChI=1S/C24H30N4O6/c1-4-20(29)28-17(14-10-11-18(33-2)19(12-14)34-3)13-16(26-28)21-22(30)25-24(32)27(23(21)31)15-8-6-5-7-9-15/h10-12,15,17,31H,4-9,13H2,1-3H3,(H,25,30,32)/t17-/m1/s1. The van der Waals surface area contributed by atoms with Gasteiger partial charge in [0.15, 0.2) is 11.5 Å². The van der Waals surface area contributed by atoms with Crippen molar-refractivity contribution in [2.75, 3.05) is 14.2 Å². The minimum atomic E-state index is -0.717. The van der Waals surface area contributed by atoms with Gasteiger partial charge < -0.3 is 14.6 Å². The van der Waals surface area contributed by atoms with Crippen LogP contribution in [-0.4, -0.2) is 45.5 Å². The third-order valence-electron chi connectivity index (χ3n) is 6.61. The van der Waals surface area contributed by atoms with Gasteiger partial charge in [-0.25, -0.2) is 9.80 Å². The van der Waals surface area contributed by atoms with Crippen molar-refractivity contribution in [3.63, 3.8) is 0 Å². The highest BCUT2D eigenvalue weighted by atomic mass is 16.5. The van der Waals surface area contributed by atoms with Gasteiger partial charge in [0.25, 0.3) is 5.56 Å². The molecule has 0 radical (unpaired) electrons. The number of hydrogen-bond acceptors (Lipinski definition) is 7. The second-order valence-corrected chi connectivity index (χ2v) is 8.59. The van der Waals surface area contributed by atoms with Crippen LogP contribution >= 0.6 is 0 Å². The Morgan fingerprint density at radius 3 is 2.50 bits per heavy atom. The number of carbonyl (C=O) groups excluding carboxylic acids is 1. The molecule has 0 spiro atoms. The van der Waals surface area contributed by atoms with Crippen LogP contribution in [0.1, 0.15) is 75.1 Å². The molecule has 1 atom stereocenters. The Balaban J connectivity index is 1.78. The summed E-state index contributed by atoms with van der Waals surface area (Å²) in [5, 5.41) is 16.9. The number of methoxy groups -OCH3 is 2. The molecule has 1 saturated carbocycles. The van der Waals surface area contributed by atoms with E-state index in [-0.39, 0.29) is 36.1 Å². The number of rotatable bonds is 6. The number of aromatic hydroxyl groups is 1. The number of aromatic nitrogens is 2. The molecule has 1 aromatic carbocycles. The Labute approximate surface area is 196 Å². The van der Waals surface area contributed by atoms with Crippen molar-refractivity contribution in [1.82, 2.24) is 14.6 Å². The fourth-order valence-electron chi connectivity index (χ4n) is 4.85. The Kier molecular flexibility index (Phi) is 6.76. The molecule has 2 aromatic rings. The highest BCUT2D eigenvalue weighted by Gasteiger charge is 2.36. The zero-order chi connectivity index (χ0) is 24.4. The first-order chi connectivity index (χ1) is 16.4. The molecular weight excluding hydrogens is 440 g/mol. The Morgan fingerprint density at radius 2 is 1.85 bits per heavy atom. The zero-order valence-electron chi connectivity index (χ0n) is 19.7. The normalized spacial score (nSPS) is 18.6. The SMILES string of the molecule is CCC(=O)N1N=C(c2c(O)n(C3CCCCC3)c(=O)[nH]c2=O)C[C@@H]1c1ccc(OC)c(OC)c1. The van der Waals surface area contributed by atoms with Crippen LogP contribution in [-0.2, 0) is 4.79 Å². The lowest BCUT2D eigenvalue weighted by Gasteiger charge is -2.25. The maximum atomic E-state index is 12.8. The predicted molar refractivity (Wildman–Crippen MR) is 126 cm³/mol. The molecular formula is C24H30N4O6. The predicted octanol–water partition coefficient (Wildman–Crippen LogP) is 2.85. The highest BCUT2D eigenvalue weighted by Crippen LogP contribution is 2.38. The molecule has 1 amide bonds. The molecule has 182 valence electrons. The number of hydrogen-bond donors (Lipinski definition) is 2. The fraction of sp³-hybridized carbons (Fsp3) is 0.500. The van der Waals surface area contributed by atoms with E-state index in [0.717, 1.165) is 37.7 Å². The van der Waals surface area contributed by atoms with E-state index in [9.17, 15) is 19.5 Å². The monoisotopic (exact) mass is 470 g/mol. The lowest BCUT2D eigenvalue weighted by atomic mass is 9.95. The molecule has 2 N–H and O–H groups in total. The Morgan fingerprint density at radius 1 is 1.15 bits per heavy atom. The number of H-pyrrole nitrogens is 1. The van der Waals surface area contributed by atoms with Gasteiger partial charge in [0.05, 0.1) is 26.0 Å². The molecule has 4 rings (SSSR count). The van der Waals surface area contributed by atoms with Crippen molar-refractivity contribution < 1.29 is 19.4 Å². The van der Waals surface area contributed by atoms with Crippen LogP contribution in [0.4, 0.5) is 0 Å². The van der Waals surface area contributed by atoms with Crippen LogP contribution in [0.15, 0.2) is 32.9 Å². The summed E-state index contributed by atoms with van der Waals surface area (Å²) < 4.78 is 12.0. The van der Waals surface area contributed by atoms with E-state index in [0.29, 0.717) is 11.5 Å². The van der Waals surface area contributed by atoms with Crippen molar-refractivity contribution >= 4 is 11.6 Å². The van der Waals surface area contributed by atoms with Crippen LogP contribution in [0, 0.1) is 0 Å². The van der Waals surface area contributed by atoms with Gasteiger partial charge in [0.1, 0.15) is 5.56 Å². The van der Waals surface area contributed by atoms with Gasteiger partial charge in [-0.1, -0.05) is 32.3 Å². The number of nitrogens with one attached hydrogen (secondary N) is 1. The van der Waals surface area contributed by atoms with Crippen LogP contribution in [0.3, 0.4) is 0 Å². The Bertz CT molecular complexity index is 1220. The molecule has 10 heteroatoms. The summed E-state index contributed by atoms with van der Waals surface area (Å²) in [6, 6.07) is 4.64. The number of ether oxygens (including phenoxy) is 2. The van der Waals surface area contributed by atoms with Crippen LogP contribution in [0.25, 0.3) is 0 Å². The van der Waals surface area contributed by atoms with Gasteiger partial charge in [-0.2, -0.15) is 5.10 Å². The van der Waals surface area contributed by atoms with E-state index in [1.807, 2.05) is 6.07 Å². The summed E-state index contributed by atoms with van der Waals surface area (Å²) in [6.07, 6.45) is 4.89. The molecule has 0 bridgehead atoms. The minimum absolute atomic E-state index is 0.0675. The number of amides is 1.